The lowest BCUT2D eigenvalue weighted by Crippen LogP contribution is -2.46. The van der Waals surface area contributed by atoms with E-state index in [4.69, 9.17) is 0 Å². The zero-order chi connectivity index (χ0) is 18.2. The summed E-state index contributed by atoms with van der Waals surface area (Å²) >= 11 is 0. The van der Waals surface area contributed by atoms with Crippen LogP contribution in [0.5, 0.6) is 0 Å². The van der Waals surface area contributed by atoms with Crippen molar-refractivity contribution < 1.29 is 14.4 Å². The van der Waals surface area contributed by atoms with Crippen molar-refractivity contribution in [2.24, 2.45) is 5.92 Å². The van der Waals surface area contributed by atoms with Crippen molar-refractivity contribution in [3.8, 4) is 0 Å². The van der Waals surface area contributed by atoms with Gasteiger partial charge >= 0.3 is 0 Å². The molecular weight excluding hydrogens is 316 g/mol. The van der Waals surface area contributed by atoms with Crippen LogP contribution >= 0.6 is 0 Å². The maximum Gasteiger partial charge on any atom is 0.222 e. The summed E-state index contributed by atoms with van der Waals surface area (Å²) < 4.78 is 0. The van der Waals surface area contributed by atoms with Gasteiger partial charge < -0.3 is 10.2 Å². The van der Waals surface area contributed by atoms with Crippen LogP contribution in [0, 0.1) is 5.92 Å². The number of piperidine rings is 1. The Bertz CT molecular complexity index is 590. The molecule has 0 saturated carbocycles. The average Bonchev–Trinajstić information content (AvgIpc) is 2.60. The molecule has 0 spiro atoms. The Kier molecular flexibility index (Phi) is 7.16. The first-order valence-corrected chi connectivity index (χ1v) is 9.11. The molecule has 1 aliphatic heterocycles. The molecule has 0 bridgehead atoms. The van der Waals surface area contributed by atoms with Crippen LogP contribution in [-0.2, 0) is 9.59 Å². The molecule has 1 aliphatic rings. The third kappa shape index (κ3) is 6.33. The Morgan fingerprint density at radius 1 is 1.08 bits per heavy atom. The topological polar surface area (TPSA) is 66.5 Å². The van der Waals surface area contributed by atoms with Gasteiger partial charge in [0.25, 0.3) is 0 Å². The van der Waals surface area contributed by atoms with Gasteiger partial charge in [-0.25, -0.2) is 0 Å². The van der Waals surface area contributed by atoms with Gasteiger partial charge in [0, 0.05) is 44.0 Å². The summed E-state index contributed by atoms with van der Waals surface area (Å²) in [6.07, 6.45) is 2.57. The van der Waals surface area contributed by atoms with Gasteiger partial charge in [-0.15, -0.1) is 0 Å². The molecule has 0 aromatic heterocycles. The summed E-state index contributed by atoms with van der Waals surface area (Å²) in [5, 5.41) is 3.00. The van der Waals surface area contributed by atoms with Crippen molar-refractivity contribution in [1.29, 1.82) is 0 Å². The van der Waals surface area contributed by atoms with Crippen molar-refractivity contribution in [1.82, 2.24) is 10.2 Å². The molecule has 2 amide bonds. The predicted octanol–water partition coefficient (Wildman–Crippen LogP) is 2.80. The summed E-state index contributed by atoms with van der Waals surface area (Å²) in [5.74, 6) is 0.474. The van der Waals surface area contributed by atoms with E-state index in [1.165, 1.54) is 0 Å². The Labute approximate surface area is 149 Å². The Hall–Kier alpha value is -2.17. The van der Waals surface area contributed by atoms with E-state index < -0.39 is 0 Å². The third-order valence-corrected chi connectivity index (χ3v) is 4.47. The summed E-state index contributed by atoms with van der Waals surface area (Å²) in [7, 11) is 0. The van der Waals surface area contributed by atoms with Crippen LogP contribution in [-0.4, -0.2) is 41.6 Å². The minimum absolute atomic E-state index is 0.00940. The minimum atomic E-state index is -0.0868. The number of rotatable bonds is 7. The lowest BCUT2D eigenvalue weighted by Gasteiger charge is -2.32. The average molecular weight is 344 g/mol. The molecule has 1 N–H and O–H groups in total. The fraction of sp³-hybridized carbons (Fsp3) is 0.550. The maximum absolute atomic E-state index is 12.1. The van der Waals surface area contributed by atoms with E-state index in [0.29, 0.717) is 31.0 Å². The fourth-order valence-electron chi connectivity index (χ4n) is 3.05. The van der Waals surface area contributed by atoms with Gasteiger partial charge in [-0.3, -0.25) is 14.4 Å². The van der Waals surface area contributed by atoms with E-state index in [-0.39, 0.29) is 36.5 Å². The van der Waals surface area contributed by atoms with E-state index in [1.54, 1.807) is 12.1 Å². The quantitative estimate of drug-likeness (QED) is 0.774. The molecule has 0 atom stereocenters. The first-order valence-electron chi connectivity index (χ1n) is 9.11. The first-order chi connectivity index (χ1) is 12.0. The van der Waals surface area contributed by atoms with Gasteiger partial charge in [-0.05, 0) is 18.8 Å². The molecule has 0 unspecified atom stereocenters. The number of carbonyl (C=O) groups is 3. The highest BCUT2D eigenvalue weighted by Gasteiger charge is 2.24. The van der Waals surface area contributed by atoms with E-state index in [2.05, 4.69) is 5.32 Å². The molecule has 1 aromatic rings. The van der Waals surface area contributed by atoms with E-state index in [9.17, 15) is 14.4 Å². The van der Waals surface area contributed by atoms with Crippen LogP contribution in [0.15, 0.2) is 30.3 Å². The van der Waals surface area contributed by atoms with Gasteiger partial charge in [0.1, 0.15) is 0 Å². The van der Waals surface area contributed by atoms with Crippen LogP contribution in [0.1, 0.15) is 56.3 Å². The van der Waals surface area contributed by atoms with Crippen LogP contribution in [0.3, 0.4) is 0 Å². The van der Waals surface area contributed by atoms with Crippen molar-refractivity contribution in [3.63, 3.8) is 0 Å². The van der Waals surface area contributed by atoms with Crippen LogP contribution in [0.25, 0.3) is 0 Å². The monoisotopic (exact) mass is 344 g/mol. The highest BCUT2D eigenvalue weighted by molar-refractivity contribution is 5.97. The number of ketones is 1. The lowest BCUT2D eigenvalue weighted by molar-refractivity contribution is -0.133. The zero-order valence-electron chi connectivity index (χ0n) is 15.2. The standard InChI is InChI=1S/C20H28N2O3/c1-15(2)14-20(25)22-12-10-17(11-13-22)21-19(24)9-8-18(23)16-6-4-3-5-7-16/h3-7,15,17H,8-14H2,1-2H3,(H,21,24). The number of nitrogens with one attached hydrogen (secondary N) is 1. The smallest absolute Gasteiger partial charge is 0.222 e. The van der Waals surface area contributed by atoms with E-state index in [1.807, 2.05) is 36.9 Å². The van der Waals surface area contributed by atoms with Gasteiger partial charge in [0.05, 0.1) is 0 Å². The van der Waals surface area contributed by atoms with Gasteiger partial charge in [-0.2, -0.15) is 0 Å². The molecule has 2 rings (SSSR count). The number of likely N-dealkylation sites (tertiary alicyclic amines) is 1. The second-order valence-corrected chi connectivity index (χ2v) is 7.11. The van der Waals surface area contributed by atoms with Crippen molar-refractivity contribution in [2.75, 3.05) is 13.1 Å². The Morgan fingerprint density at radius 2 is 1.72 bits per heavy atom. The normalized spacial score (nSPS) is 15.2. The van der Waals surface area contributed by atoms with E-state index in [0.717, 1.165) is 12.8 Å². The number of hydrogen-bond donors (Lipinski definition) is 1. The predicted molar refractivity (Wildman–Crippen MR) is 97.2 cm³/mol. The van der Waals surface area contributed by atoms with Crippen molar-refractivity contribution in [3.05, 3.63) is 35.9 Å². The highest BCUT2D eigenvalue weighted by atomic mass is 16.2. The second kappa shape index (κ2) is 9.35. The van der Waals surface area contributed by atoms with Gasteiger partial charge in [0.15, 0.2) is 5.78 Å². The number of amides is 2. The number of hydrogen-bond acceptors (Lipinski definition) is 3. The number of carbonyl (C=O) groups excluding carboxylic acids is 3. The highest BCUT2D eigenvalue weighted by Crippen LogP contribution is 2.14. The molecule has 1 fully saturated rings. The zero-order valence-corrected chi connectivity index (χ0v) is 15.2. The Balaban J connectivity index is 1.68. The largest absolute Gasteiger partial charge is 0.353 e. The number of benzene rings is 1. The Morgan fingerprint density at radius 3 is 2.32 bits per heavy atom. The summed E-state index contributed by atoms with van der Waals surface area (Å²) in [6, 6.07) is 9.14. The molecule has 136 valence electrons. The molecule has 1 heterocycles. The van der Waals surface area contributed by atoms with E-state index >= 15 is 0 Å². The molecule has 0 aliphatic carbocycles. The number of Topliss-reactive ketones (excluding diaryl/α,β-unsaturated/α-hetero) is 1. The summed E-state index contributed by atoms with van der Waals surface area (Å²) in [5.41, 5.74) is 0.646. The van der Waals surface area contributed by atoms with Gasteiger partial charge in [0.2, 0.25) is 11.8 Å². The first kappa shape index (κ1) is 19.2. The molecule has 5 nitrogen and oxygen atoms in total. The van der Waals surface area contributed by atoms with Crippen LogP contribution < -0.4 is 5.32 Å². The SMILES string of the molecule is CC(C)CC(=O)N1CCC(NC(=O)CCC(=O)c2ccccc2)CC1. The second-order valence-electron chi connectivity index (χ2n) is 7.11. The molecule has 1 saturated heterocycles. The minimum Gasteiger partial charge on any atom is -0.353 e. The van der Waals surface area contributed by atoms with Crippen molar-refractivity contribution in [2.45, 2.75) is 52.0 Å². The number of nitrogens with zero attached hydrogens (tertiary/aromatic N) is 1. The van der Waals surface area contributed by atoms with Gasteiger partial charge in [-0.1, -0.05) is 44.2 Å². The molecular formula is C20H28N2O3. The third-order valence-electron chi connectivity index (χ3n) is 4.47. The molecule has 0 radical (unpaired) electrons. The van der Waals surface area contributed by atoms with Crippen LogP contribution in [0.2, 0.25) is 0 Å². The molecule has 5 heteroatoms. The fourth-order valence-corrected chi connectivity index (χ4v) is 3.05. The van der Waals surface area contributed by atoms with Crippen LogP contribution in [0.4, 0.5) is 0 Å². The maximum atomic E-state index is 12.1. The lowest BCUT2D eigenvalue weighted by atomic mass is 10.0. The summed E-state index contributed by atoms with van der Waals surface area (Å²) in [4.78, 5) is 38.0. The molecule has 25 heavy (non-hydrogen) atoms. The molecule has 1 aromatic carbocycles. The van der Waals surface area contributed by atoms with Crippen molar-refractivity contribution >= 4 is 17.6 Å². The summed E-state index contributed by atoms with van der Waals surface area (Å²) in [6.45, 7) is 5.47.